The fraction of sp³-hybridized carbons (Fsp3) is 0.571. The van der Waals surface area contributed by atoms with Crippen molar-refractivity contribution in [1.29, 1.82) is 0 Å². The number of amides is 1. The van der Waals surface area contributed by atoms with Crippen LogP contribution in [0.1, 0.15) is 67.4 Å². The number of nitrogens with one attached hydrogen (secondary N) is 2. The zero-order valence-electron chi connectivity index (χ0n) is 21.7. The van der Waals surface area contributed by atoms with Crippen LogP contribution >= 0.6 is 0 Å². The molecule has 2 saturated heterocycles. The predicted octanol–water partition coefficient (Wildman–Crippen LogP) is 3.74. The highest BCUT2D eigenvalue weighted by Gasteiger charge is 2.27. The van der Waals surface area contributed by atoms with Crippen LogP contribution < -0.4 is 15.0 Å². The lowest BCUT2D eigenvalue weighted by molar-refractivity contribution is 0.0925. The lowest BCUT2D eigenvalue weighted by atomic mass is 9.89. The van der Waals surface area contributed by atoms with Gasteiger partial charge in [-0.15, -0.1) is 0 Å². The number of aromatic nitrogens is 4. The number of H-pyrrole nitrogens is 1. The third kappa shape index (κ3) is 5.71. The molecule has 3 aliphatic rings. The van der Waals surface area contributed by atoms with Gasteiger partial charge in [0.1, 0.15) is 17.2 Å². The van der Waals surface area contributed by atoms with Crippen molar-refractivity contribution in [3.63, 3.8) is 0 Å². The van der Waals surface area contributed by atoms with Crippen LogP contribution in [0.2, 0.25) is 0 Å². The lowest BCUT2D eigenvalue weighted by Crippen LogP contribution is -2.41. The highest BCUT2D eigenvalue weighted by atomic mass is 16.5. The summed E-state index contributed by atoms with van der Waals surface area (Å²) < 4.78 is 5.94. The number of anilines is 1. The normalized spacial score (nSPS) is 19.9. The highest BCUT2D eigenvalue weighted by molar-refractivity contribution is 5.93. The minimum atomic E-state index is -0.159. The van der Waals surface area contributed by atoms with Gasteiger partial charge in [-0.2, -0.15) is 9.97 Å². The summed E-state index contributed by atoms with van der Waals surface area (Å²) in [5.41, 5.74) is 2.67. The molecule has 0 aromatic carbocycles. The average molecular weight is 504 g/mol. The van der Waals surface area contributed by atoms with E-state index in [0.717, 1.165) is 57.0 Å². The average Bonchev–Trinajstić information content (AvgIpc) is 3.42. The number of carbonyl (C=O) groups excluding carboxylic acids is 1. The van der Waals surface area contributed by atoms with Gasteiger partial charge >= 0.3 is 6.01 Å². The fourth-order valence-electron chi connectivity index (χ4n) is 5.66. The van der Waals surface area contributed by atoms with Gasteiger partial charge in [0.2, 0.25) is 0 Å². The number of fused-ring (bicyclic) bond motifs is 1. The molecule has 5 heterocycles. The SMILES string of the molecule is C[C@H](CN1CCCC1)NC(=O)c1cc(N2CCC(c3c[nH]c4ncccc34)CC2)nc(OCC2CC2)n1. The van der Waals surface area contributed by atoms with E-state index in [1.54, 1.807) is 0 Å². The molecule has 1 saturated carbocycles. The molecule has 0 bridgehead atoms. The quantitative estimate of drug-likeness (QED) is 0.459. The van der Waals surface area contributed by atoms with Gasteiger partial charge in [-0.25, -0.2) is 4.98 Å². The number of ether oxygens (including phenoxy) is 1. The second-order valence-electron chi connectivity index (χ2n) is 10.9. The van der Waals surface area contributed by atoms with Crippen LogP contribution in [-0.2, 0) is 0 Å². The summed E-state index contributed by atoms with van der Waals surface area (Å²) in [5.74, 6) is 1.67. The Morgan fingerprint density at radius 2 is 1.97 bits per heavy atom. The maximum Gasteiger partial charge on any atom is 0.319 e. The lowest BCUT2D eigenvalue weighted by Gasteiger charge is -2.33. The maximum atomic E-state index is 13.2. The molecule has 3 aromatic rings. The Morgan fingerprint density at radius 1 is 1.16 bits per heavy atom. The van der Waals surface area contributed by atoms with Gasteiger partial charge in [0.15, 0.2) is 0 Å². The monoisotopic (exact) mass is 503 g/mol. The van der Waals surface area contributed by atoms with Gasteiger partial charge in [0.25, 0.3) is 5.91 Å². The molecule has 0 radical (unpaired) electrons. The van der Waals surface area contributed by atoms with E-state index in [0.29, 0.717) is 30.1 Å². The zero-order valence-corrected chi connectivity index (χ0v) is 21.7. The Labute approximate surface area is 218 Å². The Bertz CT molecular complexity index is 1230. The second kappa shape index (κ2) is 10.7. The van der Waals surface area contributed by atoms with Gasteiger partial charge in [0, 0.05) is 49.5 Å². The first-order chi connectivity index (χ1) is 18.1. The molecule has 3 aromatic heterocycles. The van der Waals surface area contributed by atoms with Crippen LogP contribution in [0.4, 0.5) is 5.82 Å². The molecule has 1 amide bonds. The van der Waals surface area contributed by atoms with Crippen molar-refractivity contribution in [2.45, 2.75) is 57.4 Å². The Kier molecular flexibility index (Phi) is 6.95. The Morgan fingerprint density at radius 3 is 2.76 bits per heavy atom. The van der Waals surface area contributed by atoms with Crippen LogP contribution in [0, 0.1) is 5.92 Å². The molecule has 3 fully saturated rings. The fourth-order valence-corrected chi connectivity index (χ4v) is 5.66. The second-order valence-corrected chi connectivity index (χ2v) is 10.9. The van der Waals surface area contributed by atoms with E-state index < -0.39 is 0 Å². The number of hydrogen-bond acceptors (Lipinski definition) is 7. The van der Waals surface area contributed by atoms with Gasteiger partial charge in [0.05, 0.1) is 6.61 Å². The molecule has 9 nitrogen and oxygen atoms in total. The zero-order chi connectivity index (χ0) is 25.2. The first-order valence-electron chi connectivity index (χ1n) is 13.8. The Balaban J connectivity index is 1.15. The number of likely N-dealkylation sites (tertiary alicyclic amines) is 1. The summed E-state index contributed by atoms with van der Waals surface area (Å²) >= 11 is 0. The van der Waals surface area contributed by atoms with E-state index in [1.165, 1.54) is 36.6 Å². The molecule has 0 unspecified atom stereocenters. The number of rotatable bonds is 9. The van der Waals surface area contributed by atoms with Gasteiger partial charge in [-0.05, 0) is 88.1 Å². The first-order valence-corrected chi connectivity index (χ1v) is 13.8. The summed E-state index contributed by atoms with van der Waals surface area (Å²) in [5, 5.41) is 4.35. The molecule has 2 aliphatic heterocycles. The van der Waals surface area contributed by atoms with Gasteiger partial charge < -0.3 is 24.8 Å². The minimum Gasteiger partial charge on any atom is -0.463 e. The van der Waals surface area contributed by atoms with Crippen LogP contribution in [0.25, 0.3) is 11.0 Å². The summed E-state index contributed by atoms with van der Waals surface area (Å²) in [7, 11) is 0. The van der Waals surface area contributed by atoms with Crippen LogP contribution in [-0.4, -0.2) is 76.1 Å². The number of carbonyl (C=O) groups is 1. The van der Waals surface area contributed by atoms with Crippen LogP contribution in [0.15, 0.2) is 30.6 Å². The van der Waals surface area contributed by atoms with E-state index >= 15 is 0 Å². The van der Waals surface area contributed by atoms with Crippen molar-refractivity contribution in [2.75, 3.05) is 44.2 Å². The van der Waals surface area contributed by atoms with Crippen molar-refractivity contribution < 1.29 is 9.53 Å². The third-order valence-electron chi connectivity index (χ3n) is 7.92. The van der Waals surface area contributed by atoms with E-state index in [1.807, 2.05) is 18.3 Å². The van der Waals surface area contributed by atoms with Crippen molar-refractivity contribution in [3.05, 3.63) is 41.9 Å². The Hall–Kier alpha value is -3.20. The van der Waals surface area contributed by atoms with Gasteiger partial charge in [-0.1, -0.05) is 0 Å². The third-order valence-corrected chi connectivity index (χ3v) is 7.92. The van der Waals surface area contributed by atoms with Crippen LogP contribution in [0.3, 0.4) is 0 Å². The summed E-state index contributed by atoms with van der Waals surface area (Å²) in [6.07, 6.45) is 10.8. The molecule has 196 valence electrons. The van der Waals surface area contributed by atoms with E-state index in [9.17, 15) is 4.79 Å². The van der Waals surface area contributed by atoms with Crippen molar-refractivity contribution in [3.8, 4) is 6.01 Å². The topological polar surface area (TPSA) is 99.3 Å². The molecule has 1 aliphatic carbocycles. The molecule has 37 heavy (non-hydrogen) atoms. The van der Waals surface area contributed by atoms with E-state index in [4.69, 9.17) is 9.72 Å². The molecular weight excluding hydrogens is 466 g/mol. The predicted molar refractivity (Wildman–Crippen MR) is 143 cm³/mol. The number of piperidine rings is 1. The molecule has 0 spiro atoms. The van der Waals surface area contributed by atoms with Gasteiger partial charge in [-0.3, -0.25) is 4.79 Å². The standard InChI is InChI=1S/C28H37N7O2/c1-19(17-34-11-2-3-12-34)31-27(36)24-15-25(33-28(32-24)37-18-20-6-7-20)35-13-8-21(9-14-35)23-16-30-26-22(23)5-4-10-29-26/h4-5,10,15-16,19-21H,2-3,6-9,11-14,17-18H2,1H3,(H,29,30)(H,31,36)/t19-/m1/s1. The summed E-state index contributed by atoms with van der Waals surface area (Å²) in [6, 6.07) is 6.34. The van der Waals surface area contributed by atoms with Crippen molar-refractivity contribution >= 4 is 22.8 Å². The van der Waals surface area contributed by atoms with Crippen molar-refractivity contribution in [2.24, 2.45) is 5.92 Å². The number of nitrogens with zero attached hydrogens (tertiary/aromatic N) is 5. The van der Waals surface area contributed by atoms with Crippen molar-refractivity contribution in [1.82, 2.24) is 30.2 Å². The number of aromatic amines is 1. The number of hydrogen-bond donors (Lipinski definition) is 2. The molecule has 9 heteroatoms. The molecule has 1 atom stereocenters. The first kappa shape index (κ1) is 24.2. The summed E-state index contributed by atoms with van der Waals surface area (Å²) in [4.78, 5) is 34.9. The summed E-state index contributed by atoms with van der Waals surface area (Å²) in [6.45, 7) is 7.50. The highest BCUT2D eigenvalue weighted by Crippen LogP contribution is 2.34. The van der Waals surface area contributed by atoms with E-state index in [2.05, 4.69) is 49.3 Å². The minimum absolute atomic E-state index is 0.0567. The maximum absolute atomic E-state index is 13.2. The number of pyridine rings is 1. The van der Waals surface area contributed by atoms with Crippen LogP contribution in [0.5, 0.6) is 6.01 Å². The van der Waals surface area contributed by atoms with E-state index in [-0.39, 0.29) is 11.9 Å². The molecule has 6 rings (SSSR count). The molecule has 2 N–H and O–H groups in total. The molecular formula is C28H37N7O2. The largest absolute Gasteiger partial charge is 0.463 e. The smallest absolute Gasteiger partial charge is 0.319 e.